The summed E-state index contributed by atoms with van der Waals surface area (Å²) in [5.41, 5.74) is 1.10. The molecular formula is C10H18N2. The molecular weight excluding hydrogens is 148 g/mol. The Bertz CT molecular complexity index is 202. The second kappa shape index (κ2) is 5.70. The number of allylic oxidation sites excluding steroid dienone is 2. The van der Waals surface area contributed by atoms with Gasteiger partial charge >= 0.3 is 0 Å². The lowest BCUT2D eigenvalue weighted by atomic mass is 10.1. The molecule has 0 aromatic carbocycles. The van der Waals surface area contributed by atoms with Crippen LogP contribution < -0.4 is 0 Å². The van der Waals surface area contributed by atoms with Crippen molar-refractivity contribution in [3.8, 4) is 0 Å². The van der Waals surface area contributed by atoms with Crippen molar-refractivity contribution in [2.24, 2.45) is 10.9 Å². The minimum atomic E-state index is 0.269. The van der Waals surface area contributed by atoms with E-state index in [9.17, 15) is 0 Å². The van der Waals surface area contributed by atoms with E-state index in [1.807, 2.05) is 26.8 Å². The molecule has 0 aliphatic heterocycles. The fourth-order valence-electron chi connectivity index (χ4n) is 0.566. The van der Waals surface area contributed by atoms with Gasteiger partial charge in [-0.25, -0.2) is 4.99 Å². The van der Waals surface area contributed by atoms with Gasteiger partial charge < -0.3 is 0 Å². The van der Waals surface area contributed by atoms with Gasteiger partial charge in [0.1, 0.15) is 5.84 Å². The zero-order valence-corrected chi connectivity index (χ0v) is 8.39. The summed E-state index contributed by atoms with van der Waals surface area (Å²) < 4.78 is 0. The summed E-state index contributed by atoms with van der Waals surface area (Å²) in [5.74, 6) is 0.740. The number of nitrogens with one attached hydrogen (secondary N) is 1. The summed E-state index contributed by atoms with van der Waals surface area (Å²) in [6, 6.07) is 0. The van der Waals surface area contributed by atoms with Gasteiger partial charge in [-0.15, -0.1) is 0 Å². The van der Waals surface area contributed by atoms with Crippen LogP contribution in [0.5, 0.6) is 0 Å². The molecule has 0 aliphatic carbocycles. The maximum atomic E-state index is 7.54. The molecule has 0 heterocycles. The third kappa shape index (κ3) is 4.06. The van der Waals surface area contributed by atoms with Crippen LogP contribution >= 0.6 is 0 Å². The topological polar surface area (TPSA) is 36.2 Å². The Morgan fingerprint density at radius 3 is 2.58 bits per heavy atom. The first kappa shape index (κ1) is 11.1. The Kier molecular flexibility index (Phi) is 5.26. The Hall–Kier alpha value is -0.920. The van der Waals surface area contributed by atoms with Gasteiger partial charge in [0.2, 0.25) is 0 Å². The van der Waals surface area contributed by atoms with E-state index in [0.29, 0.717) is 5.84 Å². The minimum Gasteiger partial charge on any atom is -0.286 e. The van der Waals surface area contributed by atoms with Gasteiger partial charge in [0.15, 0.2) is 0 Å². The van der Waals surface area contributed by atoms with Crippen LogP contribution in [0, 0.1) is 11.3 Å². The first-order valence-corrected chi connectivity index (χ1v) is 4.37. The zero-order chi connectivity index (χ0) is 9.56. The molecule has 1 N–H and O–H groups in total. The molecule has 0 spiro atoms. The average Bonchev–Trinajstić information content (AvgIpc) is 2.11. The number of nitrogens with zero attached hydrogens (tertiary/aromatic N) is 1. The monoisotopic (exact) mass is 166 g/mol. The predicted molar refractivity (Wildman–Crippen MR) is 55.1 cm³/mol. The van der Waals surface area contributed by atoms with Crippen LogP contribution in [0.3, 0.4) is 0 Å². The molecule has 0 amide bonds. The van der Waals surface area contributed by atoms with Crippen molar-refractivity contribution < 1.29 is 0 Å². The van der Waals surface area contributed by atoms with Gasteiger partial charge in [-0.3, -0.25) is 5.41 Å². The minimum absolute atomic E-state index is 0.269. The van der Waals surface area contributed by atoms with Gasteiger partial charge in [0.05, 0.1) is 0 Å². The molecule has 1 atom stereocenters. The number of hydrogen-bond acceptors (Lipinski definition) is 1. The highest BCUT2D eigenvalue weighted by molar-refractivity contribution is 5.93. The number of rotatable bonds is 3. The summed E-state index contributed by atoms with van der Waals surface area (Å²) in [6.07, 6.45) is 4.70. The fraction of sp³-hybridized carbons (Fsp3) is 0.600. The van der Waals surface area contributed by atoms with Crippen LogP contribution in [-0.2, 0) is 0 Å². The number of aliphatic imine (C=N–C) groups is 1. The molecule has 68 valence electrons. The summed E-state index contributed by atoms with van der Waals surface area (Å²) in [6.45, 7) is 8.03. The molecule has 12 heavy (non-hydrogen) atoms. The van der Waals surface area contributed by atoms with Gasteiger partial charge in [-0.1, -0.05) is 19.9 Å². The molecule has 0 aliphatic rings. The third-order valence-corrected chi connectivity index (χ3v) is 1.94. The normalized spacial score (nSPS) is 15.2. The quantitative estimate of drug-likeness (QED) is 0.494. The first-order chi connectivity index (χ1) is 5.61. The molecule has 0 saturated heterocycles. The van der Waals surface area contributed by atoms with Crippen LogP contribution in [-0.4, -0.2) is 12.1 Å². The Morgan fingerprint density at radius 1 is 1.58 bits per heavy atom. The van der Waals surface area contributed by atoms with Crippen molar-refractivity contribution in [1.82, 2.24) is 0 Å². The lowest BCUT2D eigenvalue weighted by molar-refractivity contribution is 0.729. The Labute approximate surface area is 74.9 Å². The summed E-state index contributed by atoms with van der Waals surface area (Å²) in [4.78, 5) is 4.06. The largest absolute Gasteiger partial charge is 0.286 e. The summed E-state index contributed by atoms with van der Waals surface area (Å²) in [7, 11) is 0. The van der Waals surface area contributed by atoms with Crippen molar-refractivity contribution in [1.29, 1.82) is 5.41 Å². The molecule has 0 rings (SSSR count). The SMILES string of the molecule is C/C=C(/C)C=NC(=N)C(C)CC. The molecule has 2 heteroatoms. The van der Waals surface area contributed by atoms with Crippen molar-refractivity contribution in [3.63, 3.8) is 0 Å². The van der Waals surface area contributed by atoms with Crippen molar-refractivity contribution >= 4 is 12.1 Å². The van der Waals surface area contributed by atoms with Gasteiger partial charge in [-0.2, -0.15) is 0 Å². The first-order valence-electron chi connectivity index (χ1n) is 4.37. The molecule has 0 aromatic heterocycles. The maximum absolute atomic E-state index is 7.54. The van der Waals surface area contributed by atoms with Gasteiger partial charge in [0.25, 0.3) is 0 Å². The second-order valence-electron chi connectivity index (χ2n) is 2.99. The van der Waals surface area contributed by atoms with E-state index in [1.54, 1.807) is 6.21 Å². The smallest absolute Gasteiger partial charge is 0.123 e. The predicted octanol–water partition coefficient (Wildman–Crippen LogP) is 3.05. The number of amidine groups is 1. The van der Waals surface area contributed by atoms with Crippen molar-refractivity contribution in [3.05, 3.63) is 11.6 Å². The van der Waals surface area contributed by atoms with Crippen molar-refractivity contribution in [2.45, 2.75) is 34.1 Å². The highest BCUT2D eigenvalue weighted by atomic mass is 14.8. The molecule has 0 fully saturated rings. The molecule has 0 bridgehead atoms. The maximum Gasteiger partial charge on any atom is 0.123 e. The molecule has 1 unspecified atom stereocenters. The van der Waals surface area contributed by atoms with E-state index < -0.39 is 0 Å². The standard InChI is InChI=1S/C10H18N2/c1-5-8(3)7-12-10(11)9(4)6-2/h5,7,9,11H,6H2,1-4H3/b8-5-,11-10?,12-7?. The average molecular weight is 166 g/mol. The van der Waals surface area contributed by atoms with E-state index in [4.69, 9.17) is 5.41 Å². The highest BCUT2D eigenvalue weighted by Gasteiger charge is 2.02. The van der Waals surface area contributed by atoms with Crippen LogP contribution in [0.2, 0.25) is 0 Å². The zero-order valence-electron chi connectivity index (χ0n) is 8.39. The summed E-state index contributed by atoms with van der Waals surface area (Å²) >= 11 is 0. The van der Waals surface area contributed by atoms with E-state index >= 15 is 0 Å². The fourth-order valence-corrected chi connectivity index (χ4v) is 0.566. The van der Waals surface area contributed by atoms with E-state index in [-0.39, 0.29) is 5.92 Å². The Balaban J connectivity index is 4.09. The lowest BCUT2D eigenvalue weighted by Crippen LogP contribution is -2.05. The molecule has 0 saturated carbocycles. The van der Waals surface area contributed by atoms with Crippen LogP contribution in [0.25, 0.3) is 0 Å². The third-order valence-electron chi connectivity index (χ3n) is 1.94. The highest BCUT2D eigenvalue weighted by Crippen LogP contribution is 2.03. The Morgan fingerprint density at radius 2 is 2.17 bits per heavy atom. The van der Waals surface area contributed by atoms with Crippen LogP contribution in [0.15, 0.2) is 16.6 Å². The number of hydrogen-bond donors (Lipinski definition) is 1. The molecule has 2 nitrogen and oxygen atoms in total. The summed E-state index contributed by atoms with van der Waals surface area (Å²) in [5, 5.41) is 7.54. The van der Waals surface area contributed by atoms with Gasteiger partial charge in [-0.05, 0) is 25.8 Å². The molecule has 0 aromatic rings. The van der Waals surface area contributed by atoms with E-state index in [0.717, 1.165) is 12.0 Å². The second-order valence-corrected chi connectivity index (χ2v) is 2.99. The molecule has 0 radical (unpaired) electrons. The van der Waals surface area contributed by atoms with E-state index in [2.05, 4.69) is 11.9 Å². The van der Waals surface area contributed by atoms with Crippen LogP contribution in [0.4, 0.5) is 0 Å². The van der Waals surface area contributed by atoms with Gasteiger partial charge in [0, 0.05) is 12.1 Å². The van der Waals surface area contributed by atoms with E-state index in [1.165, 1.54) is 0 Å². The van der Waals surface area contributed by atoms with Crippen LogP contribution in [0.1, 0.15) is 34.1 Å². The lowest BCUT2D eigenvalue weighted by Gasteiger charge is -2.03. The van der Waals surface area contributed by atoms with Crippen molar-refractivity contribution in [2.75, 3.05) is 0 Å².